The van der Waals surface area contributed by atoms with Gasteiger partial charge in [-0.05, 0) is 14.1 Å². The molecular weight excluding hydrogens is 330 g/mol. The summed E-state index contributed by atoms with van der Waals surface area (Å²) in [4.78, 5) is 10.6. The number of likely N-dealkylation sites (N-methyl/N-ethyl adjacent to an activating group) is 1. The number of aromatic nitrogens is 6. The van der Waals surface area contributed by atoms with E-state index < -0.39 is 0 Å². The van der Waals surface area contributed by atoms with Gasteiger partial charge in [0.15, 0.2) is 11.6 Å². The SMILES string of the molecule is CC(C)(C)c1ncn(CCO)n1.CN(C)CCn1cnc(C(C)(C)C)n1. The molecule has 0 bridgehead atoms. The van der Waals surface area contributed by atoms with Crippen LogP contribution in [0.15, 0.2) is 12.7 Å². The molecule has 0 fully saturated rings. The third-order valence-corrected chi connectivity index (χ3v) is 3.52. The molecule has 2 heterocycles. The Morgan fingerprint density at radius 1 is 0.846 bits per heavy atom. The van der Waals surface area contributed by atoms with Gasteiger partial charge in [0, 0.05) is 17.4 Å². The van der Waals surface area contributed by atoms with Gasteiger partial charge in [-0.3, -0.25) is 9.36 Å². The van der Waals surface area contributed by atoms with Gasteiger partial charge in [-0.15, -0.1) is 0 Å². The number of aliphatic hydroxyl groups is 1. The van der Waals surface area contributed by atoms with E-state index in [0.29, 0.717) is 6.54 Å². The van der Waals surface area contributed by atoms with Crippen molar-refractivity contribution in [2.45, 2.75) is 65.5 Å². The van der Waals surface area contributed by atoms with Gasteiger partial charge in [0.25, 0.3) is 0 Å². The van der Waals surface area contributed by atoms with Crippen molar-refractivity contribution < 1.29 is 5.11 Å². The lowest BCUT2D eigenvalue weighted by Gasteiger charge is -2.12. The summed E-state index contributed by atoms with van der Waals surface area (Å²) >= 11 is 0. The third-order valence-electron chi connectivity index (χ3n) is 3.52. The van der Waals surface area contributed by atoms with E-state index in [1.54, 1.807) is 11.0 Å². The van der Waals surface area contributed by atoms with Crippen LogP contribution in [-0.2, 0) is 23.9 Å². The molecule has 0 unspecified atom stereocenters. The van der Waals surface area contributed by atoms with Crippen molar-refractivity contribution in [3.8, 4) is 0 Å². The summed E-state index contributed by atoms with van der Waals surface area (Å²) in [6.07, 6.45) is 3.46. The summed E-state index contributed by atoms with van der Waals surface area (Å²) in [5, 5.41) is 17.3. The molecule has 0 atom stereocenters. The first kappa shape index (κ1) is 22.2. The fraction of sp³-hybridized carbons (Fsp3) is 0.778. The third kappa shape index (κ3) is 7.61. The average molecular weight is 366 g/mol. The van der Waals surface area contributed by atoms with E-state index in [0.717, 1.165) is 24.7 Å². The summed E-state index contributed by atoms with van der Waals surface area (Å²) in [6.45, 7) is 15.1. The average Bonchev–Trinajstić information content (AvgIpc) is 3.14. The fourth-order valence-electron chi connectivity index (χ4n) is 1.90. The Balaban J connectivity index is 0.000000263. The highest BCUT2D eigenvalue weighted by Crippen LogP contribution is 2.17. The van der Waals surface area contributed by atoms with Crippen LogP contribution < -0.4 is 0 Å². The normalized spacial score (nSPS) is 12.2. The van der Waals surface area contributed by atoms with Crippen molar-refractivity contribution in [2.24, 2.45) is 0 Å². The molecule has 26 heavy (non-hydrogen) atoms. The van der Waals surface area contributed by atoms with Crippen molar-refractivity contribution in [1.82, 2.24) is 34.4 Å². The molecule has 0 aromatic carbocycles. The molecule has 2 rings (SSSR count). The first-order valence-electron chi connectivity index (χ1n) is 8.99. The Bertz CT molecular complexity index is 647. The van der Waals surface area contributed by atoms with Gasteiger partial charge < -0.3 is 10.0 Å². The highest BCUT2D eigenvalue weighted by atomic mass is 16.3. The van der Waals surface area contributed by atoms with E-state index in [1.807, 2.05) is 11.0 Å². The zero-order valence-electron chi connectivity index (χ0n) is 17.6. The second-order valence-corrected chi connectivity index (χ2v) is 8.69. The predicted molar refractivity (Wildman–Crippen MR) is 103 cm³/mol. The van der Waals surface area contributed by atoms with E-state index in [-0.39, 0.29) is 17.4 Å². The molecule has 2 aromatic heterocycles. The van der Waals surface area contributed by atoms with Gasteiger partial charge in [0.05, 0.1) is 19.7 Å². The summed E-state index contributed by atoms with van der Waals surface area (Å²) in [7, 11) is 4.11. The standard InChI is InChI=1S/C10H20N4.C8H15N3O/c1-10(2,3)9-11-8-14(12-9)7-6-13(4)5;1-8(2,3)7-9-6-11(10-7)4-5-12/h8H,6-7H2,1-5H3;6,12H,4-5H2,1-3H3. The lowest BCUT2D eigenvalue weighted by atomic mass is 9.96. The van der Waals surface area contributed by atoms with Gasteiger partial charge in [0.1, 0.15) is 12.7 Å². The number of aliphatic hydroxyl groups excluding tert-OH is 1. The Hall–Kier alpha value is -1.80. The van der Waals surface area contributed by atoms with Crippen LogP contribution in [0.2, 0.25) is 0 Å². The van der Waals surface area contributed by atoms with Gasteiger partial charge >= 0.3 is 0 Å². The van der Waals surface area contributed by atoms with Crippen molar-refractivity contribution in [1.29, 1.82) is 0 Å². The molecule has 2 aromatic rings. The second kappa shape index (κ2) is 9.23. The minimum absolute atomic E-state index is 0.0132. The van der Waals surface area contributed by atoms with Crippen LogP contribution in [0, 0.1) is 0 Å². The van der Waals surface area contributed by atoms with Gasteiger partial charge in [0.2, 0.25) is 0 Å². The molecule has 0 saturated heterocycles. The van der Waals surface area contributed by atoms with Crippen LogP contribution >= 0.6 is 0 Å². The lowest BCUT2D eigenvalue weighted by molar-refractivity contribution is 0.268. The fourth-order valence-corrected chi connectivity index (χ4v) is 1.90. The minimum atomic E-state index is -0.0132. The number of nitrogens with zero attached hydrogens (tertiary/aromatic N) is 7. The van der Waals surface area contributed by atoms with Crippen molar-refractivity contribution in [3.05, 3.63) is 24.3 Å². The number of hydrogen-bond donors (Lipinski definition) is 1. The molecule has 1 N–H and O–H groups in total. The highest BCUT2D eigenvalue weighted by Gasteiger charge is 2.19. The van der Waals surface area contributed by atoms with Crippen LogP contribution in [0.1, 0.15) is 53.2 Å². The van der Waals surface area contributed by atoms with Crippen LogP contribution in [0.4, 0.5) is 0 Å². The maximum atomic E-state index is 8.64. The molecule has 0 spiro atoms. The second-order valence-electron chi connectivity index (χ2n) is 8.69. The molecule has 148 valence electrons. The van der Waals surface area contributed by atoms with E-state index in [4.69, 9.17) is 5.11 Å². The maximum Gasteiger partial charge on any atom is 0.155 e. The largest absolute Gasteiger partial charge is 0.394 e. The van der Waals surface area contributed by atoms with Gasteiger partial charge in [-0.2, -0.15) is 10.2 Å². The summed E-state index contributed by atoms with van der Waals surface area (Å²) in [6, 6.07) is 0. The van der Waals surface area contributed by atoms with E-state index in [2.05, 4.69) is 80.7 Å². The van der Waals surface area contributed by atoms with Crippen molar-refractivity contribution in [2.75, 3.05) is 27.2 Å². The van der Waals surface area contributed by atoms with Gasteiger partial charge in [-0.25, -0.2) is 9.97 Å². The van der Waals surface area contributed by atoms with E-state index in [1.165, 1.54) is 0 Å². The minimum Gasteiger partial charge on any atom is -0.394 e. The topological polar surface area (TPSA) is 84.9 Å². The zero-order valence-corrected chi connectivity index (χ0v) is 17.6. The Morgan fingerprint density at radius 3 is 1.58 bits per heavy atom. The molecular formula is C18H35N7O. The Labute approximate surface area is 157 Å². The Kier molecular flexibility index (Phi) is 7.89. The van der Waals surface area contributed by atoms with Crippen LogP contribution in [0.25, 0.3) is 0 Å². The predicted octanol–water partition coefficient (Wildman–Crippen LogP) is 1.71. The highest BCUT2D eigenvalue weighted by molar-refractivity contribution is 4.99. The van der Waals surface area contributed by atoms with Crippen LogP contribution in [-0.4, -0.2) is 66.8 Å². The summed E-state index contributed by atoms with van der Waals surface area (Å²) in [5.74, 6) is 1.73. The Morgan fingerprint density at radius 2 is 1.27 bits per heavy atom. The number of hydrogen-bond acceptors (Lipinski definition) is 6. The molecule has 0 aliphatic rings. The maximum absolute atomic E-state index is 8.64. The molecule has 0 amide bonds. The molecule has 8 heteroatoms. The van der Waals surface area contributed by atoms with Crippen LogP contribution in [0.3, 0.4) is 0 Å². The molecule has 0 aliphatic heterocycles. The quantitative estimate of drug-likeness (QED) is 0.868. The molecule has 8 nitrogen and oxygen atoms in total. The molecule has 0 aliphatic carbocycles. The molecule has 0 saturated carbocycles. The number of rotatable bonds is 5. The van der Waals surface area contributed by atoms with E-state index in [9.17, 15) is 0 Å². The zero-order chi connectivity index (χ0) is 20.0. The van der Waals surface area contributed by atoms with Gasteiger partial charge in [-0.1, -0.05) is 41.5 Å². The molecule has 0 radical (unpaired) electrons. The van der Waals surface area contributed by atoms with Crippen molar-refractivity contribution in [3.63, 3.8) is 0 Å². The first-order valence-corrected chi connectivity index (χ1v) is 8.99. The monoisotopic (exact) mass is 365 g/mol. The summed E-state index contributed by atoms with van der Waals surface area (Å²) < 4.78 is 3.56. The lowest BCUT2D eigenvalue weighted by Crippen LogP contribution is -2.19. The van der Waals surface area contributed by atoms with Crippen molar-refractivity contribution >= 4 is 0 Å². The summed E-state index contributed by atoms with van der Waals surface area (Å²) in [5.41, 5.74) is 0.0318. The van der Waals surface area contributed by atoms with E-state index >= 15 is 0 Å². The first-order chi connectivity index (χ1) is 11.9. The van der Waals surface area contributed by atoms with Crippen LogP contribution in [0.5, 0.6) is 0 Å². The smallest absolute Gasteiger partial charge is 0.155 e.